The van der Waals surface area contributed by atoms with Gasteiger partial charge in [0.25, 0.3) is 0 Å². The number of halogens is 2. The highest BCUT2D eigenvalue weighted by atomic mass is 35.5. The highest BCUT2D eigenvalue weighted by Gasteiger charge is 2.12. The third-order valence-electron chi connectivity index (χ3n) is 3.11. The van der Waals surface area contributed by atoms with Crippen LogP contribution in [0.25, 0.3) is 0 Å². The fourth-order valence-corrected chi connectivity index (χ4v) is 2.34. The number of benzene rings is 2. The maximum absolute atomic E-state index is 11.6. The van der Waals surface area contributed by atoms with Crippen LogP contribution in [0, 0.1) is 0 Å². The number of rotatable bonds is 4. The SMILES string of the molecule is COC(=O)c1ccc(Cl)c(NC(C)c2cccc(Cl)c2)c1. The molecule has 0 aromatic heterocycles. The van der Waals surface area contributed by atoms with E-state index < -0.39 is 5.97 Å². The fraction of sp³-hybridized carbons (Fsp3) is 0.188. The van der Waals surface area contributed by atoms with Gasteiger partial charge in [-0.05, 0) is 42.8 Å². The van der Waals surface area contributed by atoms with Gasteiger partial charge in [-0.15, -0.1) is 0 Å². The zero-order chi connectivity index (χ0) is 15.4. The summed E-state index contributed by atoms with van der Waals surface area (Å²) >= 11 is 12.2. The van der Waals surface area contributed by atoms with Crippen molar-refractivity contribution in [3.8, 4) is 0 Å². The van der Waals surface area contributed by atoms with Gasteiger partial charge in [-0.25, -0.2) is 4.79 Å². The largest absolute Gasteiger partial charge is 0.465 e. The average Bonchev–Trinajstić information content (AvgIpc) is 2.48. The molecule has 0 aliphatic rings. The van der Waals surface area contributed by atoms with Crippen molar-refractivity contribution in [1.29, 1.82) is 0 Å². The lowest BCUT2D eigenvalue weighted by molar-refractivity contribution is 0.0601. The van der Waals surface area contributed by atoms with Gasteiger partial charge in [0.05, 0.1) is 23.4 Å². The number of hydrogen-bond donors (Lipinski definition) is 1. The lowest BCUT2D eigenvalue weighted by atomic mass is 10.1. The van der Waals surface area contributed by atoms with Gasteiger partial charge in [0.1, 0.15) is 0 Å². The van der Waals surface area contributed by atoms with Crippen LogP contribution in [0.5, 0.6) is 0 Å². The van der Waals surface area contributed by atoms with Crippen molar-refractivity contribution in [1.82, 2.24) is 0 Å². The molecule has 0 fully saturated rings. The van der Waals surface area contributed by atoms with Gasteiger partial charge in [0.2, 0.25) is 0 Å². The normalized spacial score (nSPS) is 11.8. The number of ether oxygens (including phenoxy) is 1. The van der Waals surface area contributed by atoms with Crippen LogP contribution in [0.4, 0.5) is 5.69 Å². The first-order chi connectivity index (χ1) is 10.0. The molecular weight excluding hydrogens is 309 g/mol. The van der Waals surface area contributed by atoms with Crippen molar-refractivity contribution in [2.45, 2.75) is 13.0 Å². The standard InChI is InChI=1S/C16H15Cl2NO2/c1-10(11-4-3-5-13(17)8-11)19-15-9-12(16(20)21-2)6-7-14(15)18/h3-10,19H,1-2H3. The lowest BCUT2D eigenvalue weighted by Gasteiger charge is -2.17. The highest BCUT2D eigenvalue weighted by Crippen LogP contribution is 2.28. The van der Waals surface area contributed by atoms with Crippen molar-refractivity contribution < 1.29 is 9.53 Å². The minimum atomic E-state index is -0.398. The first kappa shape index (κ1) is 15.7. The second-order valence-electron chi connectivity index (χ2n) is 4.61. The first-order valence-electron chi connectivity index (χ1n) is 6.41. The Kier molecular flexibility index (Phi) is 5.10. The van der Waals surface area contributed by atoms with E-state index in [0.717, 1.165) is 5.56 Å². The molecule has 2 aromatic rings. The summed E-state index contributed by atoms with van der Waals surface area (Å²) in [6.45, 7) is 1.99. The van der Waals surface area contributed by atoms with Crippen molar-refractivity contribution in [2.24, 2.45) is 0 Å². The van der Waals surface area contributed by atoms with E-state index in [-0.39, 0.29) is 6.04 Å². The molecule has 1 N–H and O–H groups in total. The van der Waals surface area contributed by atoms with E-state index in [4.69, 9.17) is 27.9 Å². The summed E-state index contributed by atoms with van der Waals surface area (Å²) in [5, 5.41) is 4.49. The second-order valence-corrected chi connectivity index (χ2v) is 5.45. The smallest absolute Gasteiger partial charge is 0.337 e. The molecule has 0 radical (unpaired) electrons. The zero-order valence-corrected chi connectivity index (χ0v) is 13.2. The monoisotopic (exact) mass is 323 g/mol. The molecule has 0 aliphatic carbocycles. The van der Waals surface area contributed by atoms with Gasteiger partial charge in [0, 0.05) is 11.1 Å². The molecule has 5 heteroatoms. The molecule has 1 unspecified atom stereocenters. The van der Waals surface area contributed by atoms with E-state index in [2.05, 4.69) is 5.32 Å². The van der Waals surface area contributed by atoms with Crippen molar-refractivity contribution in [2.75, 3.05) is 12.4 Å². The Hall–Kier alpha value is -1.71. The molecule has 2 rings (SSSR count). The molecule has 3 nitrogen and oxygen atoms in total. The van der Waals surface area contributed by atoms with Gasteiger partial charge in [-0.1, -0.05) is 35.3 Å². The minimum Gasteiger partial charge on any atom is -0.465 e. The third-order valence-corrected chi connectivity index (χ3v) is 3.67. The van der Waals surface area contributed by atoms with Crippen LogP contribution in [-0.4, -0.2) is 13.1 Å². The number of esters is 1. The van der Waals surface area contributed by atoms with Crippen LogP contribution in [-0.2, 0) is 4.74 Å². The number of carbonyl (C=O) groups is 1. The third kappa shape index (κ3) is 3.90. The second kappa shape index (κ2) is 6.83. The van der Waals surface area contributed by atoms with Crippen LogP contribution in [0.15, 0.2) is 42.5 Å². The topological polar surface area (TPSA) is 38.3 Å². The van der Waals surface area contributed by atoms with Crippen LogP contribution in [0.3, 0.4) is 0 Å². The molecule has 0 spiro atoms. The molecule has 110 valence electrons. The van der Waals surface area contributed by atoms with E-state index in [1.165, 1.54) is 7.11 Å². The Balaban J connectivity index is 2.24. The van der Waals surface area contributed by atoms with Gasteiger partial charge in [-0.2, -0.15) is 0 Å². The van der Waals surface area contributed by atoms with Crippen LogP contribution in [0.1, 0.15) is 28.9 Å². The maximum Gasteiger partial charge on any atom is 0.337 e. The van der Waals surface area contributed by atoms with Crippen molar-refractivity contribution in [3.05, 3.63) is 63.6 Å². The van der Waals surface area contributed by atoms with Crippen LogP contribution >= 0.6 is 23.2 Å². The predicted octanol–water partition coefficient (Wildman–Crippen LogP) is 4.95. The first-order valence-corrected chi connectivity index (χ1v) is 7.16. The van der Waals surface area contributed by atoms with Crippen molar-refractivity contribution in [3.63, 3.8) is 0 Å². The molecule has 0 bridgehead atoms. The van der Waals surface area contributed by atoms with Crippen LogP contribution < -0.4 is 5.32 Å². The molecule has 0 saturated carbocycles. The lowest BCUT2D eigenvalue weighted by Crippen LogP contribution is -2.08. The van der Waals surface area contributed by atoms with Gasteiger partial charge in [-0.3, -0.25) is 0 Å². The average molecular weight is 324 g/mol. The molecule has 0 aliphatic heterocycles. The molecule has 2 aromatic carbocycles. The Morgan fingerprint density at radius 1 is 1.19 bits per heavy atom. The number of anilines is 1. The molecular formula is C16H15Cl2NO2. The van der Waals surface area contributed by atoms with Gasteiger partial charge in [0.15, 0.2) is 0 Å². The van der Waals surface area contributed by atoms with E-state index in [9.17, 15) is 4.79 Å². The Morgan fingerprint density at radius 2 is 1.95 bits per heavy atom. The molecule has 1 atom stereocenters. The summed E-state index contributed by atoms with van der Waals surface area (Å²) in [6, 6.07) is 12.5. The highest BCUT2D eigenvalue weighted by molar-refractivity contribution is 6.33. The van der Waals surface area contributed by atoms with Gasteiger partial charge >= 0.3 is 5.97 Å². The van der Waals surface area contributed by atoms with Gasteiger partial charge < -0.3 is 10.1 Å². The Bertz CT molecular complexity index is 658. The molecule has 0 saturated heterocycles. The van der Waals surface area contributed by atoms with E-state index in [1.807, 2.05) is 31.2 Å². The summed E-state index contributed by atoms with van der Waals surface area (Å²) in [5.41, 5.74) is 2.15. The molecule has 0 heterocycles. The Morgan fingerprint density at radius 3 is 2.62 bits per heavy atom. The zero-order valence-electron chi connectivity index (χ0n) is 11.7. The Labute approximate surface area is 133 Å². The number of nitrogens with one attached hydrogen (secondary N) is 1. The van der Waals surface area contributed by atoms with E-state index in [0.29, 0.717) is 21.3 Å². The van der Waals surface area contributed by atoms with Crippen LogP contribution in [0.2, 0.25) is 10.0 Å². The maximum atomic E-state index is 11.6. The summed E-state index contributed by atoms with van der Waals surface area (Å²) in [7, 11) is 1.35. The molecule has 21 heavy (non-hydrogen) atoms. The molecule has 0 amide bonds. The number of methoxy groups -OCH3 is 1. The van der Waals surface area contributed by atoms with E-state index in [1.54, 1.807) is 18.2 Å². The number of carbonyl (C=O) groups excluding carboxylic acids is 1. The quantitative estimate of drug-likeness (QED) is 0.809. The number of hydrogen-bond acceptors (Lipinski definition) is 3. The summed E-state index contributed by atoms with van der Waals surface area (Å²) in [4.78, 5) is 11.6. The summed E-state index contributed by atoms with van der Waals surface area (Å²) in [5.74, 6) is -0.398. The fourth-order valence-electron chi connectivity index (χ4n) is 1.97. The van der Waals surface area contributed by atoms with Crippen molar-refractivity contribution >= 4 is 34.9 Å². The summed E-state index contributed by atoms with van der Waals surface area (Å²) in [6.07, 6.45) is 0. The predicted molar refractivity (Wildman–Crippen MR) is 86.3 cm³/mol. The minimum absolute atomic E-state index is 0.00547. The summed E-state index contributed by atoms with van der Waals surface area (Å²) < 4.78 is 4.71. The van der Waals surface area contributed by atoms with E-state index >= 15 is 0 Å².